The van der Waals surface area contributed by atoms with Crippen LogP contribution in [0.25, 0.3) is 0 Å². The fourth-order valence-electron chi connectivity index (χ4n) is 3.22. The topological polar surface area (TPSA) is 118 Å². The number of sulfonamides is 2. The molecule has 8 nitrogen and oxygen atoms in total. The van der Waals surface area contributed by atoms with Crippen LogP contribution in [0.4, 0.5) is 11.4 Å². The van der Waals surface area contributed by atoms with E-state index in [1.165, 1.54) is 24.3 Å². The normalized spacial score (nSPS) is 15.1. The van der Waals surface area contributed by atoms with Crippen LogP contribution in [0, 0.1) is 0 Å². The summed E-state index contributed by atoms with van der Waals surface area (Å²) in [4.78, 5) is -0.570. The first-order chi connectivity index (χ1) is 12.9. The second-order valence-corrected chi connectivity index (χ2v) is 12.1. The molecule has 0 saturated carbocycles. The van der Waals surface area contributed by atoms with Crippen molar-refractivity contribution in [2.24, 2.45) is 0 Å². The Balaban J connectivity index is 2.17. The van der Waals surface area contributed by atoms with Crippen molar-refractivity contribution in [2.75, 3.05) is 28.1 Å². The van der Waals surface area contributed by atoms with E-state index in [2.05, 4.69) is 4.72 Å². The van der Waals surface area contributed by atoms with Crippen LogP contribution < -0.4 is 9.03 Å². The highest BCUT2D eigenvalue weighted by Gasteiger charge is 2.33. The number of sulfone groups is 1. The van der Waals surface area contributed by atoms with Crippen LogP contribution in [0.15, 0.2) is 52.3 Å². The first kappa shape index (κ1) is 20.6. The number of fused-ring (bicyclic) bond motifs is 1. The zero-order chi connectivity index (χ0) is 20.7. The van der Waals surface area contributed by atoms with Gasteiger partial charge in [-0.1, -0.05) is 18.2 Å². The molecule has 1 aliphatic heterocycles. The van der Waals surface area contributed by atoms with Gasteiger partial charge in [0.25, 0.3) is 10.0 Å². The van der Waals surface area contributed by atoms with Crippen LogP contribution in [0.3, 0.4) is 0 Å². The lowest BCUT2D eigenvalue weighted by molar-refractivity contribution is 0.578. The number of nitrogens with one attached hydrogen (secondary N) is 1. The Morgan fingerprint density at radius 1 is 0.857 bits per heavy atom. The maximum atomic E-state index is 13.3. The Hall–Kier alpha value is -2.11. The number of hydrogen-bond acceptors (Lipinski definition) is 6. The van der Waals surface area contributed by atoms with E-state index in [4.69, 9.17) is 0 Å². The lowest BCUT2D eigenvalue weighted by Crippen LogP contribution is -2.36. The van der Waals surface area contributed by atoms with Crippen molar-refractivity contribution in [1.29, 1.82) is 0 Å². The zero-order valence-corrected chi connectivity index (χ0v) is 17.7. The first-order valence-corrected chi connectivity index (χ1v) is 13.5. The molecule has 1 aliphatic rings. The third-order valence-corrected chi connectivity index (χ3v) is 8.07. The summed E-state index contributed by atoms with van der Waals surface area (Å²) >= 11 is 0. The van der Waals surface area contributed by atoms with Gasteiger partial charge in [0.05, 0.1) is 22.5 Å². The van der Waals surface area contributed by atoms with Gasteiger partial charge in [-0.25, -0.2) is 25.3 Å². The van der Waals surface area contributed by atoms with Crippen LogP contribution in [-0.2, 0) is 36.3 Å². The minimum absolute atomic E-state index is 0.162. The highest BCUT2D eigenvalue weighted by atomic mass is 32.2. The van der Waals surface area contributed by atoms with E-state index in [0.29, 0.717) is 29.8 Å². The number of benzene rings is 2. The summed E-state index contributed by atoms with van der Waals surface area (Å²) in [6.07, 6.45) is 2.94. The summed E-state index contributed by atoms with van der Waals surface area (Å²) in [5.74, 6) is 0. The Kier molecular flexibility index (Phi) is 5.19. The Bertz CT molecular complexity index is 1240. The van der Waals surface area contributed by atoms with Crippen LogP contribution in [0.1, 0.15) is 12.0 Å². The summed E-state index contributed by atoms with van der Waals surface area (Å²) in [5, 5.41) is 0. The van der Waals surface area contributed by atoms with Crippen molar-refractivity contribution in [2.45, 2.75) is 22.6 Å². The molecule has 0 aliphatic carbocycles. The molecule has 0 fully saturated rings. The van der Waals surface area contributed by atoms with E-state index < -0.39 is 29.9 Å². The van der Waals surface area contributed by atoms with Crippen LogP contribution >= 0.6 is 0 Å². The molecule has 28 heavy (non-hydrogen) atoms. The van der Waals surface area contributed by atoms with Crippen molar-refractivity contribution >= 4 is 41.3 Å². The third kappa shape index (κ3) is 4.01. The second kappa shape index (κ2) is 7.05. The van der Waals surface area contributed by atoms with Gasteiger partial charge >= 0.3 is 0 Å². The smallest absolute Gasteiger partial charge is 0.265 e. The van der Waals surface area contributed by atoms with Crippen LogP contribution in [-0.4, -0.2) is 44.3 Å². The third-order valence-electron chi connectivity index (χ3n) is 4.32. The predicted molar refractivity (Wildman–Crippen MR) is 107 cm³/mol. The summed E-state index contributed by atoms with van der Waals surface area (Å²) < 4.78 is 77.7. The molecular weight excluding hydrogens is 424 g/mol. The molecular formula is C17H20N2O6S3. The molecule has 0 radical (unpaired) electrons. The van der Waals surface area contributed by atoms with Gasteiger partial charge < -0.3 is 0 Å². The number of rotatable bonds is 5. The molecule has 2 aromatic carbocycles. The molecule has 152 valence electrons. The molecule has 2 aromatic rings. The van der Waals surface area contributed by atoms with Gasteiger partial charge in [0.15, 0.2) is 9.84 Å². The van der Waals surface area contributed by atoms with Crippen molar-refractivity contribution in [3.05, 3.63) is 48.0 Å². The molecule has 1 heterocycles. The van der Waals surface area contributed by atoms with E-state index in [1.54, 1.807) is 18.2 Å². The molecule has 11 heteroatoms. The van der Waals surface area contributed by atoms with Crippen molar-refractivity contribution in [1.82, 2.24) is 0 Å². The van der Waals surface area contributed by atoms with Crippen molar-refractivity contribution in [3.63, 3.8) is 0 Å². The van der Waals surface area contributed by atoms with E-state index in [1.807, 2.05) is 0 Å². The Morgan fingerprint density at radius 2 is 1.50 bits per heavy atom. The minimum atomic E-state index is -4.17. The fraction of sp³-hybridized carbons (Fsp3) is 0.294. The predicted octanol–water partition coefficient (Wildman–Crippen LogP) is 1.60. The van der Waals surface area contributed by atoms with Crippen LogP contribution in [0.5, 0.6) is 0 Å². The summed E-state index contributed by atoms with van der Waals surface area (Å²) in [6, 6.07) is 10.2. The maximum absolute atomic E-state index is 13.3. The molecule has 1 N–H and O–H groups in total. The number of hydrogen-bond donors (Lipinski definition) is 1. The average Bonchev–Trinajstić information content (AvgIpc) is 2.59. The lowest BCUT2D eigenvalue weighted by atomic mass is 10.0. The largest absolute Gasteiger partial charge is 0.283 e. The summed E-state index contributed by atoms with van der Waals surface area (Å²) in [5.41, 5.74) is 1.21. The van der Waals surface area contributed by atoms with E-state index in [0.717, 1.165) is 16.8 Å². The first-order valence-electron chi connectivity index (χ1n) is 8.33. The minimum Gasteiger partial charge on any atom is -0.283 e. The molecule has 0 saturated heterocycles. The number of nitrogens with zero attached hydrogens (tertiary/aromatic N) is 1. The number of anilines is 2. The molecule has 0 amide bonds. The van der Waals surface area contributed by atoms with E-state index in [-0.39, 0.29) is 16.3 Å². The molecule has 0 spiro atoms. The molecule has 0 unspecified atom stereocenters. The molecule has 0 bridgehead atoms. The quantitative estimate of drug-likeness (QED) is 0.748. The Labute approximate surface area is 165 Å². The summed E-state index contributed by atoms with van der Waals surface area (Å²) in [6.45, 7) is 0.162. The monoisotopic (exact) mass is 444 g/mol. The highest BCUT2D eigenvalue weighted by Crippen LogP contribution is 2.37. The van der Waals surface area contributed by atoms with Gasteiger partial charge in [0, 0.05) is 18.4 Å². The lowest BCUT2D eigenvalue weighted by Gasteiger charge is -2.32. The van der Waals surface area contributed by atoms with Gasteiger partial charge in [-0.05, 0) is 37.1 Å². The highest BCUT2D eigenvalue weighted by molar-refractivity contribution is 7.95. The maximum Gasteiger partial charge on any atom is 0.265 e. The fourth-order valence-corrected chi connectivity index (χ4v) is 6.95. The SMILES string of the molecule is CS(=O)(=O)Nc1cccc2c1CCCN2S(=O)(=O)c1ccccc1S(C)(=O)=O. The zero-order valence-electron chi connectivity index (χ0n) is 15.3. The Morgan fingerprint density at radius 3 is 2.11 bits per heavy atom. The van der Waals surface area contributed by atoms with Gasteiger partial charge in [0.1, 0.15) is 4.90 Å². The van der Waals surface area contributed by atoms with Crippen LogP contribution in [0.2, 0.25) is 0 Å². The van der Waals surface area contributed by atoms with Gasteiger partial charge in [0.2, 0.25) is 10.0 Å². The van der Waals surface area contributed by atoms with Crippen molar-refractivity contribution < 1.29 is 25.3 Å². The van der Waals surface area contributed by atoms with Crippen molar-refractivity contribution in [3.8, 4) is 0 Å². The summed E-state index contributed by atoms with van der Waals surface area (Å²) in [7, 11) is -11.5. The van der Waals surface area contributed by atoms with Gasteiger partial charge in [-0.3, -0.25) is 9.03 Å². The standard InChI is InChI=1S/C17H20N2O6S3/c1-26(20,21)16-10-3-4-11-17(16)28(24,25)19-12-6-7-13-14(18-27(2,22)23)8-5-9-15(13)19/h3-5,8-11,18H,6-7,12H2,1-2H3. The molecule has 0 aromatic heterocycles. The average molecular weight is 445 g/mol. The van der Waals surface area contributed by atoms with E-state index in [9.17, 15) is 25.3 Å². The molecule has 3 rings (SSSR count). The van der Waals surface area contributed by atoms with Gasteiger partial charge in [-0.2, -0.15) is 0 Å². The second-order valence-electron chi connectivity index (χ2n) is 6.58. The van der Waals surface area contributed by atoms with E-state index >= 15 is 0 Å². The molecule has 0 atom stereocenters. The van der Waals surface area contributed by atoms with Gasteiger partial charge in [-0.15, -0.1) is 0 Å².